The van der Waals surface area contributed by atoms with Crippen molar-refractivity contribution < 1.29 is 4.79 Å². The van der Waals surface area contributed by atoms with Gasteiger partial charge in [-0.05, 0) is 42.3 Å². The first kappa shape index (κ1) is 16.5. The lowest BCUT2D eigenvalue weighted by Gasteiger charge is -2.11. The molecule has 0 aliphatic heterocycles. The van der Waals surface area contributed by atoms with Gasteiger partial charge in [-0.2, -0.15) is 5.10 Å². The third-order valence-electron chi connectivity index (χ3n) is 3.52. The summed E-state index contributed by atoms with van der Waals surface area (Å²) in [5, 5.41) is 6.96. The molecule has 6 nitrogen and oxygen atoms in total. The number of nitrogens with zero attached hydrogens (tertiary/aromatic N) is 3. The van der Waals surface area contributed by atoms with Gasteiger partial charge < -0.3 is 9.88 Å². The van der Waals surface area contributed by atoms with Gasteiger partial charge in [-0.1, -0.05) is 6.92 Å². The van der Waals surface area contributed by atoms with E-state index in [1.165, 1.54) is 0 Å². The van der Waals surface area contributed by atoms with E-state index in [0.29, 0.717) is 10.2 Å². The quantitative estimate of drug-likeness (QED) is 0.904. The zero-order valence-electron chi connectivity index (χ0n) is 13.1. The van der Waals surface area contributed by atoms with E-state index >= 15 is 0 Å². The molecule has 2 aromatic heterocycles. The number of carbonyl (C=O) groups excluding carboxylic acids is 1. The number of halogens is 1. The van der Waals surface area contributed by atoms with Gasteiger partial charge in [0.25, 0.3) is 5.91 Å². The summed E-state index contributed by atoms with van der Waals surface area (Å²) < 4.78 is 3.92. The van der Waals surface area contributed by atoms with Gasteiger partial charge in [0.1, 0.15) is 5.69 Å². The molecule has 0 saturated carbocycles. The average Bonchev–Trinajstić information content (AvgIpc) is 2.85. The Hall–Kier alpha value is -1.89. The summed E-state index contributed by atoms with van der Waals surface area (Å²) in [5.74, 6) is -0.389. The first-order chi connectivity index (χ1) is 10.3. The van der Waals surface area contributed by atoms with Crippen LogP contribution in [0.15, 0.2) is 27.7 Å². The summed E-state index contributed by atoms with van der Waals surface area (Å²) in [6.07, 6.45) is 4.14. The van der Waals surface area contributed by atoms with Crippen molar-refractivity contribution >= 4 is 27.5 Å². The van der Waals surface area contributed by atoms with E-state index < -0.39 is 0 Å². The third kappa shape index (κ3) is 3.30. The zero-order valence-corrected chi connectivity index (χ0v) is 14.6. The number of aryl methyl sites for hydroxylation is 2. The average molecular weight is 367 g/mol. The van der Waals surface area contributed by atoms with Gasteiger partial charge >= 0.3 is 0 Å². The number of rotatable bonds is 4. The molecule has 2 heterocycles. The SMILES string of the molecule is CCC(C)n1nc(C(=O)Nc2cn(C)cc(Br)c2=O)cc1C. The molecular formula is C15H19BrN4O2. The lowest BCUT2D eigenvalue weighted by Crippen LogP contribution is -2.20. The Morgan fingerprint density at radius 3 is 2.77 bits per heavy atom. The van der Waals surface area contributed by atoms with Crippen LogP contribution in [0.3, 0.4) is 0 Å². The Kier molecular flexibility index (Phi) is 4.85. The molecule has 0 saturated heterocycles. The number of aromatic nitrogens is 3. The maximum absolute atomic E-state index is 12.3. The number of anilines is 1. The fourth-order valence-corrected chi connectivity index (χ4v) is 2.70. The van der Waals surface area contributed by atoms with Crippen LogP contribution in [-0.2, 0) is 7.05 Å². The predicted octanol–water partition coefficient (Wildman–Crippen LogP) is 2.88. The highest BCUT2D eigenvalue weighted by Crippen LogP contribution is 2.15. The largest absolute Gasteiger partial charge is 0.354 e. The van der Waals surface area contributed by atoms with E-state index in [-0.39, 0.29) is 23.1 Å². The summed E-state index contributed by atoms with van der Waals surface area (Å²) in [5.41, 5.74) is 1.18. The van der Waals surface area contributed by atoms with Crippen LogP contribution in [0.5, 0.6) is 0 Å². The van der Waals surface area contributed by atoms with E-state index in [1.807, 2.05) is 18.5 Å². The lowest BCUT2D eigenvalue weighted by molar-refractivity contribution is 0.102. The van der Waals surface area contributed by atoms with Crippen LogP contribution < -0.4 is 10.7 Å². The molecule has 0 radical (unpaired) electrons. The van der Waals surface area contributed by atoms with Gasteiger partial charge in [0.05, 0.1) is 4.47 Å². The minimum atomic E-state index is -0.389. The molecule has 22 heavy (non-hydrogen) atoms. The Morgan fingerprint density at radius 1 is 1.45 bits per heavy atom. The molecule has 2 aromatic rings. The van der Waals surface area contributed by atoms with Gasteiger partial charge in [0.15, 0.2) is 5.69 Å². The second kappa shape index (κ2) is 6.48. The first-order valence-corrected chi connectivity index (χ1v) is 7.86. The van der Waals surface area contributed by atoms with Crippen molar-refractivity contribution in [3.8, 4) is 0 Å². The Bertz CT molecular complexity index is 763. The van der Waals surface area contributed by atoms with E-state index in [2.05, 4.69) is 33.3 Å². The molecule has 0 aliphatic carbocycles. The molecule has 0 aliphatic rings. The number of hydrogen-bond donors (Lipinski definition) is 1. The molecule has 0 fully saturated rings. The summed E-state index contributed by atoms with van der Waals surface area (Å²) >= 11 is 3.18. The molecule has 0 aromatic carbocycles. The maximum atomic E-state index is 12.3. The fourth-order valence-electron chi connectivity index (χ4n) is 2.16. The van der Waals surface area contributed by atoms with Crippen LogP contribution in [0.2, 0.25) is 0 Å². The smallest absolute Gasteiger partial charge is 0.276 e. The van der Waals surface area contributed by atoms with Crippen molar-refractivity contribution in [2.75, 3.05) is 5.32 Å². The van der Waals surface area contributed by atoms with E-state index in [1.54, 1.807) is 30.1 Å². The van der Waals surface area contributed by atoms with Gasteiger partial charge in [0.2, 0.25) is 5.43 Å². The summed E-state index contributed by atoms with van der Waals surface area (Å²) in [7, 11) is 1.78. The van der Waals surface area contributed by atoms with Gasteiger partial charge in [-0.25, -0.2) is 0 Å². The highest BCUT2D eigenvalue weighted by molar-refractivity contribution is 9.10. The number of carbonyl (C=O) groups is 1. The van der Waals surface area contributed by atoms with Crippen LogP contribution in [0.1, 0.15) is 42.5 Å². The Morgan fingerprint density at radius 2 is 2.14 bits per heavy atom. The van der Waals surface area contributed by atoms with E-state index in [9.17, 15) is 9.59 Å². The molecular weight excluding hydrogens is 348 g/mol. The van der Waals surface area contributed by atoms with Crippen LogP contribution >= 0.6 is 15.9 Å². The molecule has 2 rings (SSSR count). The molecule has 1 amide bonds. The minimum absolute atomic E-state index is 0.220. The number of pyridine rings is 1. The summed E-state index contributed by atoms with van der Waals surface area (Å²) in [6, 6.07) is 1.95. The third-order valence-corrected chi connectivity index (χ3v) is 4.09. The number of amides is 1. The van der Waals surface area contributed by atoms with Crippen molar-refractivity contribution in [2.45, 2.75) is 33.2 Å². The standard InChI is InChI=1S/C15H19BrN4O2/c1-5-9(2)20-10(3)6-12(18-20)15(22)17-13-8-19(4)7-11(16)14(13)21/h6-9H,5H2,1-4H3,(H,17,22). The van der Waals surface area contributed by atoms with Crippen LogP contribution in [0.25, 0.3) is 0 Å². The molecule has 7 heteroatoms. The van der Waals surface area contributed by atoms with Crippen molar-refractivity contribution in [1.82, 2.24) is 14.3 Å². The Labute approximate surface area is 137 Å². The van der Waals surface area contributed by atoms with Crippen LogP contribution in [0.4, 0.5) is 5.69 Å². The second-order valence-electron chi connectivity index (χ2n) is 5.34. The molecule has 118 valence electrons. The first-order valence-electron chi connectivity index (χ1n) is 7.06. The molecule has 0 spiro atoms. The molecule has 1 unspecified atom stereocenters. The van der Waals surface area contributed by atoms with Gasteiger partial charge in [-0.3, -0.25) is 14.3 Å². The van der Waals surface area contributed by atoms with Crippen molar-refractivity contribution in [1.29, 1.82) is 0 Å². The summed E-state index contributed by atoms with van der Waals surface area (Å²) in [6.45, 7) is 6.02. The molecule has 1 atom stereocenters. The Balaban J connectivity index is 2.29. The van der Waals surface area contributed by atoms with Crippen molar-refractivity contribution in [3.05, 3.63) is 44.5 Å². The normalized spacial score (nSPS) is 12.2. The van der Waals surface area contributed by atoms with Crippen molar-refractivity contribution in [2.24, 2.45) is 7.05 Å². The zero-order chi connectivity index (χ0) is 16.4. The van der Waals surface area contributed by atoms with Crippen molar-refractivity contribution in [3.63, 3.8) is 0 Å². The monoisotopic (exact) mass is 366 g/mol. The molecule has 0 bridgehead atoms. The van der Waals surface area contributed by atoms with Crippen LogP contribution in [0, 0.1) is 6.92 Å². The second-order valence-corrected chi connectivity index (χ2v) is 6.20. The minimum Gasteiger partial charge on any atom is -0.354 e. The predicted molar refractivity (Wildman–Crippen MR) is 89.3 cm³/mol. The highest BCUT2D eigenvalue weighted by atomic mass is 79.9. The lowest BCUT2D eigenvalue weighted by atomic mass is 10.2. The van der Waals surface area contributed by atoms with E-state index in [4.69, 9.17) is 0 Å². The number of nitrogens with one attached hydrogen (secondary N) is 1. The highest BCUT2D eigenvalue weighted by Gasteiger charge is 2.16. The van der Waals surface area contributed by atoms with E-state index in [0.717, 1.165) is 12.1 Å². The topological polar surface area (TPSA) is 68.9 Å². The maximum Gasteiger partial charge on any atom is 0.276 e. The number of hydrogen-bond acceptors (Lipinski definition) is 3. The summed E-state index contributed by atoms with van der Waals surface area (Å²) in [4.78, 5) is 24.3. The van der Waals surface area contributed by atoms with Crippen LogP contribution in [-0.4, -0.2) is 20.3 Å². The molecule has 1 N–H and O–H groups in total. The fraction of sp³-hybridized carbons (Fsp3) is 0.400. The van der Waals surface area contributed by atoms with Gasteiger partial charge in [0, 0.05) is 31.2 Å². The van der Waals surface area contributed by atoms with Gasteiger partial charge in [-0.15, -0.1) is 0 Å².